The second-order valence-corrected chi connectivity index (χ2v) is 3.94. The van der Waals surface area contributed by atoms with Crippen molar-refractivity contribution < 1.29 is 4.74 Å². The summed E-state index contributed by atoms with van der Waals surface area (Å²) in [5.41, 5.74) is 0. The molecule has 4 heteroatoms. The van der Waals surface area contributed by atoms with Gasteiger partial charge in [0.25, 0.3) is 0 Å². The number of ether oxygens (including phenoxy) is 1. The van der Waals surface area contributed by atoms with Crippen molar-refractivity contribution in [1.82, 2.24) is 5.32 Å². The highest BCUT2D eigenvalue weighted by molar-refractivity contribution is 6.43. The fraction of sp³-hybridized carbons (Fsp3) is 1.00. The standard InChI is InChI=1S/C5H11NO.C2H4Cl2/c1-5-4-6-2-3-7-5;1-2(3)4/h5-6H,2-4H2,1H3;2H,1H3. The quantitative estimate of drug-likeness (QED) is 0.602. The van der Waals surface area contributed by atoms with Crippen LogP contribution in [0.3, 0.4) is 0 Å². The zero-order chi connectivity index (χ0) is 8.69. The molecule has 1 atom stereocenters. The lowest BCUT2D eigenvalue weighted by atomic mass is 10.3. The number of rotatable bonds is 0. The summed E-state index contributed by atoms with van der Waals surface area (Å²) in [6, 6.07) is 0. The van der Waals surface area contributed by atoms with Crippen LogP contribution >= 0.6 is 23.2 Å². The first-order chi connectivity index (χ1) is 5.13. The molecule has 0 saturated carbocycles. The molecule has 0 bridgehead atoms. The van der Waals surface area contributed by atoms with Crippen molar-refractivity contribution in [3.8, 4) is 0 Å². The van der Waals surface area contributed by atoms with Crippen molar-refractivity contribution in [2.45, 2.75) is 24.8 Å². The summed E-state index contributed by atoms with van der Waals surface area (Å²) >= 11 is 10.1. The molecule has 1 rings (SSSR count). The summed E-state index contributed by atoms with van der Waals surface area (Å²) in [5, 5.41) is 3.21. The second kappa shape index (κ2) is 7.17. The van der Waals surface area contributed by atoms with Crippen molar-refractivity contribution in [2.24, 2.45) is 0 Å². The van der Waals surface area contributed by atoms with E-state index in [2.05, 4.69) is 12.2 Å². The number of morpholine rings is 1. The van der Waals surface area contributed by atoms with Crippen LogP contribution in [0.5, 0.6) is 0 Å². The van der Waals surface area contributed by atoms with Crippen LogP contribution in [0, 0.1) is 0 Å². The first-order valence-corrected chi connectivity index (χ1v) is 4.60. The third-order valence-electron chi connectivity index (χ3n) is 1.11. The molecule has 1 unspecified atom stereocenters. The van der Waals surface area contributed by atoms with Crippen LogP contribution in [0.4, 0.5) is 0 Å². The molecule has 0 spiro atoms. The van der Waals surface area contributed by atoms with Crippen LogP contribution in [0.1, 0.15) is 13.8 Å². The Morgan fingerprint density at radius 1 is 1.55 bits per heavy atom. The third kappa shape index (κ3) is 10.5. The van der Waals surface area contributed by atoms with Gasteiger partial charge in [-0.1, -0.05) is 0 Å². The monoisotopic (exact) mass is 199 g/mol. The summed E-state index contributed by atoms with van der Waals surface area (Å²) in [7, 11) is 0. The molecular weight excluding hydrogens is 185 g/mol. The largest absolute Gasteiger partial charge is 0.376 e. The Kier molecular flexibility index (Phi) is 7.49. The lowest BCUT2D eigenvalue weighted by Crippen LogP contribution is -2.36. The van der Waals surface area contributed by atoms with Gasteiger partial charge < -0.3 is 10.1 Å². The molecule has 0 aromatic carbocycles. The zero-order valence-corrected chi connectivity index (χ0v) is 8.45. The first kappa shape index (κ1) is 11.5. The smallest absolute Gasteiger partial charge is 0.105 e. The Morgan fingerprint density at radius 2 is 2.09 bits per heavy atom. The third-order valence-corrected chi connectivity index (χ3v) is 1.11. The minimum Gasteiger partial charge on any atom is -0.376 e. The van der Waals surface area contributed by atoms with Crippen LogP contribution in [0.25, 0.3) is 0 Å². The van der Waals surface area contributed by atoms with Gasteiger partial charge in [0.2, 0.25) is 0 Å². The van der Waals surface area contributed by atoms with Gasteiger partial charge in [-0.15, -0.1) is 23.2 Å². The Labute approximate surface area is 78.2 Å². The molecule has 1 aliphatic rings. The molecule has 1 aliphatic heterocycles. The summed E-state index contributed by atoms with van der Waals surface area (Å²) in [6.07, 6.45) is 0.425. The normalized spacial score (nSPS) is 24.3. The molecule has 1 heterocycles. The summed E-state index contributed by atoms with van der Waals surface area (Å²) in [6.45, 7) is 6.68. The molecular formula is C7H15Cl2NO. The van der Waals surface area contributed by atoms with Crippen molar-refractivity contribution >= 4 is 23.2 Å². The van der Waals surface area contributed by atoms with Gasteiger partial charge in [-0.25, -0.2) is 0 Å². The van der Waals surface area contributed by atoms with Gasteiger partial charge in [-0.2, -0.15) is 0 Å². The van der Waals surface area contributed by atoms with Crippen LogP contribution in [0.15, 0.2) is 0 Å². The maximum Gasteiger partial charge on any atom is 0.105 e. The maximum absolute atomic E-state index is 5.22. The highest BCUT2D eigenvalue weighted by Crippen LogP contribution is 1.95. The highest BCUT2D eigenvalue weighted by atomic mass is 35.5. The van der Waals surface area contributed by atoms with E-state index in [4.69, 9.17) is 27.9 Å². The number of halogens is 2. The number of alkyl halides is 2. The predicted molar refractivity (Wildman–Crippen MR) is 49.5 cm³/mol. The fourth-order valence-corrected chi connectivity index (χ4v) is 0.697. The van der Waals surface area contributed by atoms with Crippen molar-refractivity contribution in [2.75, 3.05) is 19.7 Å². The summed E-state index contributed by atoms with van der Waals surface area (Å²) < 4.78 is 5.22. The van der Waals surface area contributed by atoms with E-state index in [1.54, 1.807) is 6.92 Å². The van der Waals surface area contributed by atoms with Crippen LogP contribution < -0.4 is 5.32 Å². The van der Waals surface area contributed by atoms with Crippen LogP contribution in [0.2, 0.25) is 0 Å². The summed E-state index contributed by atoms with van der Waals surface area (Å²) in [5.74, 6) is 0. The molecule has 1 saturated heterocycles. The molecule has 1 N–H and O–H groups in total. The summed E-state index contributed by atoms with van der Waals surface area (Å²) in [4.78, 5) is -0.222. The van der Waals surface area contributed by atoms with Gasteiger partial charge in [-0.05, 0) is 13.8 Å². The lowest BCUT2D eigenvalue weighted by Gasteiger charge is -2.18. The first-order valence-electron chi connectivity index (χ1n) is 3.73. The van der Waals surface area contributed by atoms with E-state index in [9.17, 15) is 0 Å². The number of hydrogen-bond acceptors (Lipinski definition) is 2. The highest BCUT2D eigenvalue weighted by Gasteiger charge is 2.04. The number of hydrogen-bond donors (Lipinski definition) is 1. The van der Waals surface area contributed by atoms with E-state index in [-0.39, 0.29) is 4.84 Å². The van der Waals surface area contributed by atoms with Crippen molar-refractivity contribution in [3.05, 3.63) is 0 Å². The average molecular weight is 200 g/mol. The SMILES string of the molecule is CC(Cl)Cl.CC1CNCCO1. The Morgan fingerprint density at radius 3 is 2.27 bits per heavy atom. The molecule has 0 aliphatic carbocycles. The van der Waals surface area contributed by atoms with E-state index in [1.807, 2.05) is 0 Å². The molecule has 2 nitrogen and oxygen atoms in total. The van der Waals surface area contributed by atoms with Gasteiger partial charge in [0.15, 0.2) is 0 Å². The molecule has 1 fully saturated rings. The van der Waals surface area contributed by atoms with Gasteiger partial charge in [-0.3, -0.25) is 0 Å². The molecule has 68 valence electrons. The molecule has 0 aromatic heterocycles. The van der Waals surface area contributed by atoms with Crippen molar-refractivity contribution in [1.29, 1.82) is 0 Å². The average Bonchev–Trinajstić information content (AvgIpc) is 1.87. The van der Waals surface area contributed by atoms with E-state index >= 15 is 0 Å². The van der Waals surface area contributed by atoms with E-state index in [1.165, 1.54) is 0 Å². The van der Waals surface area contributed by atoms with Crippen LogP contribution in [-0.2, 0) is 4.74 Å². The van der Waals surface area contributed by atoms with Gasteiger partial charge in [0.05, 0.1) is 12.7 Å². The molecule has 0 aromatic rings. The molecule has 0 amide bonds. The van der Waals surface area contributed by atoms with E-state index in [0.717, 1.165) is 19.7 Å². The van der Waals surface area contributed by atoms with E-state index < -0.39 is 0 Å². The lowest BCUT2D eigenvalue weighted by molar-refractivity contribution is 0.0410. The molecule has 11 heavy (non-hydrogen) atoms. The van der Waals surface area contributed by atoms with Gasteiger partial charge >= 0.3 is 0 Å². The minimum atomic E-state index is -0.222. The minimum absolute atomic E-state index is 0.222. The predicted octanol–water partition coefficient (Wildman–Crippen LogP) is 1.80. The molecule has 0 radical (unpaired) electrons. The number of nitrogens with one attached hydrogen (secondary N) is 1. The van der Waals surface area contributed by atoms with Crippen molar-refractivity contribution in [3.63, 3.8) is 0 Å². The van der Waals surface area contributed by atoms with Gasteiger partial charge in [0.1, 0.15) is 4.84 Å². The Bertz CT molecular complexity index is 81.8. The second-order valence-electron chi connectivity index (χ2n) is 2.40. The van der Waals surface area contributed by atoms with Gasteiger partial charge in [0, 0.05) is 13.1 Å². The van der Waals surface area contributed by atoms with E-state index in [0.29, 0.717) is 6.10 Å². The van der Waals surface area contributed by atoms with Crippen LogP contribution in [-0.4, -0.2) is 30.6 Å². The fourth-order valence-electron chi connectivity index (χ4n) is 0.697. The maximum atomic E-state index is 5.22. The Hall–Kier alpha value is 0.500. The zero-order valence-electron chi connectivity index (χ0n) is 6.94. The topological polar surface area (TPSA) is 21.3 Å². The Balaban J connectivity index is 0.000000218.